The van der Waals surface area contributed by atoms with Gasteiger partial charge in [0, 0.05) is 19.6 Å². The van der Waals surface area contributed by atoms with Crippen LogP contribution in [0, 0.1) is 0 Å². The molecular weight excluding hydrogens is 288 g/mol. The molecule has 2 rings (SSSR count). The molecule has 0 saturated heterocycles. The molecule has 1 N–H and O–H groups in total. The van der Waals surface area contributed by atoms with Crippen molar-refractivity contribution in [3.63, 3.8) is 0 Å². The van der Waals surface area contributed by atoms with Crippen LogP contribution < -0.4 is 4.90 Å². The first-order chi connectivity index (χ1) is 10.1. The number of hydrogen-bond donors (Lipinski definition) is 1. The van der Waals surface area contributed by atoms with Gasteiger partial charge < -0.3 is 10.0 Å². The Labute approximate surface area is 129 Å². The average molecular weight is 312 g/mol. The first kappa shape index (κ1) is 16.1. The summed E-state index contributed by atoms with van der Waals surface area (Å²) in [6.07, 6.45) is 7.05. The topological polar surface area (TPSA) is 71.2 Å². The number of anilines is 1. The fourth-order valence-electron chi connectivity index (χ4n) is 2.85. The second-order valence-electron chi connectivity index (χ2n) is 5.55. The molecule has 1 aromatic rings. The van der Waals surface area contributed by atoms with Crippen LogP contribution in [-0.2, 0) is 4.79 Å². The predicted molar refractivity (Wildman–Crippen MR) is 84.1 cm³/mol. The smallest absolute Gasteiger partial charge is 0.313 e. The van der Waals surface area contributed by atoms with Gasteiger partial charge in [-0.3, -0.25) is 9.36 Å². The van der Waals surface area contributed by atoms with Crippen LogP contribution in [0.1, 0.15) is 51.5 Å². The third-order valence-electron chi connectivity index (χ3n) is 3.81. The summed E-state index contributed by atoms with van der Waals surface area (Å²) in [6.45, 7) is 3.06. The molecular formula is C14H24N4O2S. The number of thioether (sulfide) groups is 1. The lowest BCUT2D eigenvalue weighted by Gasteiger charge is -2.28. The van der Waals surface area contributed by atoms with Crippen LogP contribution in [0.4, 0.5) is 5.95 Å². The van der Waals surface area contributed by atoms with Gasteiger partial charge in [-0.1, -0.05) is 37.9 Å². The van der Waals surface area contributed by atoms with Gasteiger partial charge in [0.2, 0.25) is 5.95 Å². The van der Waals surface area contributed by atoms with Gasteiger partial charge in [-0.05, 0) is 19.3 Å². The van der Waals surface area contributed by atoms with Gasteiger partial charge in [0.15, 0.2) is 5.16 Å². The van der Waals surface area contributed by atoms with Gasteiger partial charge in [0.1, 0.15) is 0 Å². The second-order valence-corrected chi connectivity index (χ2v) is 6.49. The van der Waals surface area contributed by atoms with E-state index in [-0.39, 0.29) is 5.75 Å². The number of hydrogen-bond acceptors (Lipinski definition) is 5. The normalized spacial score (nSPS) is 16.1. The summed E-state index contributed by atoms with van der Waals surface area (Å²) in [6, 6.07) is 0.402. The molecule has 118 valence electrons. The maximum Gasteiger partial charge on any atom is 0.313 e. The molecule has 1 fully saturated rings. The van der Waals surface area contributed by atoms with E-state index in [1.165, 1.54) is 31.0 Å². The number of aliphatic carboxylic acids is 1. The van der Waals surface area contributed by atoms with Crippen LogP contribution in [0.5, 0.6) is 0 Å². The quantitative estimate of drug-likeness (QED) is 0.781. The zero-order chi connectivity index (χ0) is 15.2. The molecule has 1 heterocycles. The van der Waals surface area contributed by atoms with E-state index in [1.54, 1.807) is 0 Å². The van der Waals surface area contributed by atoms with Gasteiger partial charge in [-0.15, -0.1) is 10.2 Å². The fraction of sp³-hybridized carbons (Fsp3) is 0.786. The Morgan fingerprint density at radius 1 is 1.38 bits per heavy atom. The maximum absolute atomic E-state index is 10.8. The van der Waals surface area contributed by atoms with Crippen molar-refractivity contribution < 1.29 is 9.90 Å². The lowest BCUT2D eigenvalue weighted by molar-refractivity contribution is -0.133. The lowest BCUT2D eigenvalue weighted by Crippen LogP contribution is -2.25. The number of carbonyl (C=O) groups is 1. The number of carboxylic acids is 1. The van der Waals surface area contributed by atoms with Crippen molar-refractivity contribution in [1.82, 2.24) is 14.8 Å². The van der Waals surface area contributed by atoms with E-state index in [4.69, 9.17) is 5.11 Å². The first-order valence-corrected chi connectivity index (χ1v) is 8.62. The maximum atomic E-state index is 10.8. The molecule has 1 saturated carbocycles. The van der Waals surface area contributed by atoms with Crippen molar-refractivity contribution in [2.24, 2.45) is 0 Å². The van der Waals surface area contributed by atoms with E-state index >= 15 is 0 Å². The van der Waals surface area contributed by atoms with E-state index < -0.39 is 5.97 Å². The summed E-state index contributed by atoms with van der Waals surface area (Å²) in [5.74, 6) is 0.0841. The Hall–Kier alpha value is -1.24. The van der Waals surface area contributed by atoms with E-state index in [0.717, 1.165) is 36.9 Å². The number of carboxylic acid groups (broad SMARTS) is 1. The van der Waals surface area contributed by atoms with Crippen molar-refractivity contribution in [3.05, 3.63) is 0 Å². The zero-order valence-corrected chi connectivity index (χ0v) is 13.6. The van der Waals surface area contributed by atoms with Crippen molar-refractivity contribution in [2.45, 2.75) is 56.6 Å². The molecule has 6 nitrogen and oxygen atoms in total. The van der Waals surface area contributed by atoms with E-state index in [2.05, 4.69) is 26.6 Å². The van der Waals surface area contributed by atoms with Crippen molar-refractivity contribution in [1.29, 1.82) is 0 Å². The van der Waals surface area contributed by atoms with Crippen LogP contribution >= 0.6 is 11.8 Å². The molecule has 1 aromatic heterocycles. The second kappa shape index (κ2) is 7.68. The summed E-state index contributed by atoms with van der Waals surface area (Å²) in [7, 11) is 2.03. The Morgan fingerprint density at radius 2 is 2.10 bits per heavy atom. The summed E-state index contributed by atoms with van der Waals surface area (Å²) < 4.78 is 2.17. The molecule has 1 aliphatic carbocycles. The molecule has 0 spiro atoms. The van der Waals surface area contributed by atoms with Crippen molar-refractivity contribution >= 4 is 23.7 Å². The molecule has 7 heteroatoms. The summed E-state index contributed by atoms with van der Waals surface area (Å²) in [4.78, 5) is 12.9. The minimum absolute atomic E-state index is 0.0301. The van der Waals surface area contributed by atoms with E-state index in [0.29, 0.717) is 6.04 Å². The number of aromatic nitrogens is 3. The largest absolute Gasteiger partial charge is 0.481 e. The molecule has 0 aliphatic heterocycles. The van der Waals surface area contributed by atoms with E-state index in [1.807, 2.05) is 7.05 Å². The summed E-state index contributed by atoms with van der Waals surface area (Å²) >= 11 is 1.27. The van der Waals surface area contributed by atoms with Crippen LogP contribution in [0.15, 0.2) is 5.16 Å². The molecule has 0 atom stereocenters. The standard InChI is InChI=1S/C14H24N4O2S/c1-3-9-17(2)13-15-16-14(21-10-12(19)20)18(13)11-7-5-4-6-8-11/h11H,3-10H2,1-2H3,(H,19,20). The highest BCUT2D eigenvalue weighted by molar-refractivity contribution is 7.99. The monoisotopic (exact) mass is 312 g/mol. The van der Waals surface area contributed by atoms with Gasteiger partial charge in [-0.25, -0.2) is 0 Å². The van der Waals surface area contributed by atoms with Gasteiger partial charge in [-0.2, -0.15) is 0 Å². The van der Waals surface area contributed by atoms with Crippen LogP contribution in [0.25, 0.3) is 0 Å². The first-order valence-electron chi connectivity index (χ1n) is 7.64. The Balaban J connectivity index is 2.24. The minimum Gasteiger partial charge on any atom is -0.481 e. The lowest BCUT2D eigenvalue weighted by atomic mass is 9.95. The molecule has 0 bridgehead atoms. The van der Waals surface area contributed by atoms with Gasteiger partial charge in [0.05, 0.1) is 5.75 Å². The third-order valence-corrected chi connectivity index (χ3v) is 4.74. The SMILES string of the molecule is CCCN(C)c1nnc(SCC(=O)O)n1C1CCCCC1. The Bertz CT molecular complexity index is 472. The highest BCUT2D eigenvalue weighted by Gasteiger charge is 2.24. The fourth-order valence-corrected chi connectivity index (χ4v) is 3.57. The summed E-state index contributed by atoms with van der Waals surface area (Å²) in [5.41, 5.74) is 0. The van der Waals surface area contributed by atoms with Gasteiger partial charge >= 0.3 is 5.97 Å². The molecule has 0 unspecified atom stereocenters. The molecule has 0 radical (unpaired) electrons. The third kappa shape index (κ3) is 4.12. The molecule has 0 amide bonds. The average Bonchev–Trinajstić information content (AvgIpc) is 2.90. The van der Waals surface area contributed by atoms with Crippen LogP contribution in [0.2, 0.25) is 0 Å². The van der Waals surface area contributed by atoms with Crippen molar-refractivity contribution in [3.8, 4) is 0 Å². The van der Waals surface area contributed by atoms with Crippen LogP contribution in [0.3, 0.4) is 0 Å². The predicted octanol–water partition coefficient (Wildman–Crippen LogP) is 2.81. The Kier molecular flexibility index (Phi) is 5.90. The molecule has 21 heavy (non-hydrogen) atoms. The molecule has 1 aliphatic rings. The zero-order valence-electron chi connectivity index (χ0n) is 12.8. The minimum atomic E-state index is -0.818. The number of nitrogens with zero attached hydrogens (tertiary/aromatic N) is 4. The van der Waals surface area contributed by atoms with E-state index in [9.17, 15) is 4.79 Å². The van der Waals surface area contributed by atoms with Crippen LogP contribution in [-0.4, -0.2) is 45.2 Å². The van der Waals surface area contributed by atoms with Crippen molar-refractivity contribution in [2.75, 3.05) is 24.2 Å². The molecule has 0 aromatic carbocycles. The summed E-state index contributed by atoms with van der Waals surface area (Å²) in [5, 5.41) is 18.2. The highest BCUT2D eigenvalue weighted by Crippen LogP contribution is 2.34. The van der Waals surface area contributed by atoms with Gasteiger partial charge in [0.25, 0.3) is 0 Å². The number of rotatable bonds is 7. The Morgan fingerprint density at radius 3 is 2.71 bits per heavy atom. The highest BCUT2D eigenvalue weighted by atomic mass is 32.2.